The van der Waals surface area contributed by atoms with Crippen LogP contribution in [0.3, 0.4) is 0 Å². The third-order valence-electron chi connectivity index (χ3n) is 4.90. The highest BCUT2D eigenvalue weighted by Gasteiger charge is 2.39. The minimum Gasteiger partial charge on any atom is -0.289 e. The van der Waals surface area contributed by atoms with Gasteiger partial charge in [-0.15, -0.1) is 5.54 Å². The van der Waals surface area contributed by atoms with Crippen LogP contribution < -0.4 is 0 Å². The van der Waals surface area contributed by atoms with E-state index < -0.39 is 8.07 Å². The molecule has 2 fully saturated rings. The smallest absolute Gasteiger partial charge is 0.129 e. The highest BCUT2D eigenvalue weighted by atomic mass is 28.3. The van der Waals surface area contributed by atoms with Crippen LogP contribution in [0.4, 0.5) is 0 Å². The quantitative estimate of drug-likeness (QED) is 0.514. The van der Waals surface area contributed by atoms with Crippen molar-refractivity contribution in [3.05, 3.63) is 0 Å². The summed E-state index contributed by atoms with van der Waals surface area (Å²) in [5.41, 5.74) is 3.60. The molecule has 0 aromatic heterocycles. The maximum Gasteiger partial charge on any atom is 0.129 e. The molecule has 2 rings (SSSR count). The molecular formula is C17H31NSi. The van der Waals surface area contributed by atoms with Crippen molar-refractivity contribution in [2.75, 3.05) is 7.05 Å². The summed E-state index contributed by atoms with van der Waals surface area (Å²) >= 11 is 0. The van der Waals surface area contributed by atoms with Crippen LogP contribution in [0.1, 0.15) is 45.4 Å². The van der Waals surface area contributed by atoms with E-state index in [0.29, 0.717) is 6.04 Å². The minimum atomic E-state index is -1.23. The molecule has 0 radical (unpaired) electrons. The molecule has 0 spiro atoms. The van der Waals surface area contributed by atoms with Crippen molar-refractivity contribution >= 4 is 8.07 Å². The van der Waals surface area contributed by atoms with Crippen LogP contribution in [-0.2, 0) is 0 Å². The van der Waals surface area contributed by atoms with Gasteiger partial charge < -0.3 is 0 Å². The van der Waals surface area contributed by atoms with E-state index in [0.717, 1.165) is 17.9 Å². The second-order valence-electron chi connectivity index (χ2n) is 7.81. The molecule has 2 aliphatic rings. The van der Waals surface area contributed by atoms with E-state index in [-0.39, 0.29) is 0 Å². The Morgan fingerprint density at radius 1 is 1.05 bits per heavy atom. The lowest BCUT2D eigenvalue weighted by Crippen LogP contribution is -2.38. The average Bonchev–Trinajstić information content (AvgIpc) is 2.63. The second kappa shape index (κ2) is 6.02. The van der Waals surface area contributed by atoms with E-state index in [1.165, 1.54) is 38.5 Å². The Kier molecular flexibility index (Phi) is 4.79. The number of rotatable bonds is 1. The molecule has 0 aromatic carbocycles. The number of likely N-dealkylation sites (tertiary alicyclic amines) is 1. The Hall–Kier alpha value is -0.263. The van der Waals surface area contributed by atoms with Gasteiger partial charge in [-0.3, -0.25) is 4.90 Å². The van der Waals surface area contributed by atoms with Crippen molar-refractivity contribution in [3.63, 3.8) is 0 Å². The first kappa shape index (κ1) is 15.1. The molecule has 0 aromatic rings. The van der Waals surface area contributed by atoms with Gasteiger partial charge in [0.15, 0.2) is 0 Å². The fraction of sp³-hybridized carbons (Fsp3) is 0.882. The van der Waals surface area contributed by atoms with Crippen molar-refractivity contribution in [2.24, 2.45) is 11.8 Å². The number of hydrogen-bond acceptors (Lipinski definition) is 1. The lowest BCUT2D eigenvalue weighted by molar-refractivity contribution is 0.169. The molecule has 0 bridgehead atoms. The minimum absolute atomic E-state index is 0.513. The van der Waals surface area contributed by atoms with Gasteiger partial charge in [-0.2, -0.15) is 0 Å². The van der Waals surface area contributed by atoms with Gasteiger partial charge in [-0.1, -0.05) is 51.7 Å². The summed E-state index contributed by atoms with van der Waals surface area (Å²) in [6.07, 6.45) is 8.64. The standard InChI is InChI=1S/C17H31NSi/c1-14-13-17(15-9-7-6-8-10-15)18(2)16(14)11-12-19(3,4)5/h14-17H,6-10,13H2,1-5H3/t14-,16-,17+/m1/s1. The zero-order valence-corrected chi connectivity index (χ0v) is 14.5. The largest absolute Gasteiger partial charge is 0.289 e. The molecule has 19 heavy (non-hydrogen) atoms. The van der Waals surface area contributed by atoms with E-state index in [9.17, 15) is 0 Å². The third-order valence-corrected chi connectivity index (χ3v) is 5.80. The van der Waals surface area contributed by atoms with E-state index in [2.05, 4.69) is 50.0 Å². The van der Waals surface area contributed by atoms with E-state index in [1.807, 2.05) is 0 Å². The Bertz CT molecular complexity index is 354. The van der Waals surface area contributed by atoms with Crippen molar-refractivity contribution in [1.29, 1.82) is 0 Å². The first-order chi connectivity index (χ1) is 8.88. The van der Waals surface area contributed by atoms with Gasteiger partial charge in [-0.05, 0) is 38.1 Å². The van der Waals surface area contributed by atoms with Crippen molar-refractivity contribution in [1.82, 2.24) is 4.90 Å². The lowest BCUT2D eigenvalue weighted by Gasteiger charge is -2.33. The molecule has 1 saturated carbocycles. The molecule has 1 heterocycles. The first-order valence-electron chi connectivity index (χ1n) is 8.13. The third kappa shape index (κ3) is 3.86. The SMILES string of the molecule is C[C@@H]1C[C@@H](C2CCCCC2)N(C)[C@@H]1C#C[Si](C)(C)C. The normalized spacial score (nSPS) is 34.1. The van der Waals surface area contributed by atoms with Gasteiger partial charge in [0.05, 0.1) is 6.04 Å². The fourth-order valence-corrected chi connectivity index (χ4v) is 4.44. The Labute approximate surface area is 121 Å². The molecule has 0 N–H and O–H groups in total. The maximum atomic E-state index is 3.63. The lowest BCUT2D eigenvalue weighted by atomic mass is 9.82. The Balaban J connectivity index is 2.04. The van der Waals surface area contributed by atoms with Crippen molar-refractivity contribution in [2.45, 2.75) is 77.2 Å². The highest BCUT2D eigenvalue weighted by Crippen LogP contribution is 2.38. The summed E-state index contributed by atoms with van der Waals surface area (Å²) in [6.45, 7) is 9.44. The summed E-state index contributed by atoms with van der Waals surface area (Å²) in [5, 5.41) is 0. The zero-order valence-electron chi connectivity index (χ0n) is 13.5. The molecule has 2 heteroatoms. The average molecular weight is 278 g/mol. The fourth-order valence-electron chi connectivity index (χ4n) is 3.86. The summed E-state index contributed by atoms with van der Waals surface area (Å²) < 4.78 is 0. The molecule has 1 aliphatic heterocycles. The summed E-state index contributed by atoms with van der Waals surface area (Å²) in [5.74, 6) is 5.32. The Morgan fingerprint density at radius 2 is 1.68 bits per heavy atom. The van der Waals surface area contributed by atoms with Crippen molar-refractivity contribution in [3.8, 4) is 11.5 Å². The summed E-state index contributed by atoms with van der Waals surface area (Å²) in [6, 6.07) is 1.31. The van der Waals surface area contributed by atoms with Gasteiger partial charge in [0.1, 0.15) is 8.07 Å². The van der Waals surface area contributed by atoms with E-state index in [1.54, 1.807) is 0 Å². The molecule has 108 valence electrons. The number of nitrogens with zero attached hydrogens (tertiary/aromatic N) is 1. The first-order valence-corrected chi connectivity index (χ1v) is 11.6. The van der Waals surface area contributed by atoms with Gasteiger partial charge >= 0.3 is 0 Å². The predicted octanol–water partition coefficient (Wildman–Crippen LogP) is 4.16. The molecule has 1 aliphatic carbocycles. The van der Waals surface area contributed by atoms with Gasteiger partial charge in [0.2, 0.25) is 0 Å². The van der Waals surface area contributed by atoms with Crippen LogP contribution in [-0.4, -0.2) is 32.1 Å². The molecule has 1 saturated heterocycles. The van der Waals surface area contributed by atoms with Crippen LogP contribution >= 0.6 is 0 Å². The summed E-state index contributed by atoms with van der Waals surface area (Å²) in [4.78, 5) is 2.62. The Morgan fingerprint density at radius 3 is 2.26 bits per heavy atom. The predicted molar refractivity (Wildman–Crippen MR) is 86.8 cm³/mol. The topological polar surface area (TPSA) is 3.24 Å². The van der Waals surface area contributed by atoms with E-state index in [4.69, 9.17) is 0 Å². The monoisotopic (exact) mass is 277 g/mol. The van der Waals surface area contributed by atoms with Crippen molar-refractivity contribution < 1.29 is 0 Å². The highest BCUT2D eigenvalue weighted by molar-refractivity contribution is 6.83. The van der Waals surface area contributed by atoms with Gasteiger partial charge in [-0.25, -0.2) is 0 Å². The van der Waals surface area contributed by atoms with Crippen LogP contribution in [0, 0.1) is 23.3 Å². The van der Waals surface area contributed by atoms with Crippen LogP contribution in [0.5, 0.6) is 0 Å². The van der Waals surface area contributed by atoms with Crippen LogP contribution in [0.2, 0.25) is 19.6 Å². The zero-order chi connectivity index (χ0) is 14.0. The number of hydrogen-bond donors (Lipinski definition) is 0. The maximum absolute atomic E-state index is 3.63. The second-order valence-corrected chi connectivity index (χ2v) is 12.6. The molecule has 1 nitrogen and oxygen atoms in total. The van der Waals surface area contributed by atoms with Gasteiger partial charge in [0, 0.05) is 6.04 Å². The molecular weight excluding hydrogens is 246 g/mol. The van der Waals surface area contributed by atoms with Crippen LogP contribution in [0.25, 0.3) is 0 Å². The molecule has 0 amide bonds. The van der Waals surface area contributed by atoms with Gasteiger partial charge in [0.25, 0.3) is 0 Å². The molecule has 0 unspecified atom stereocenters. The van der Waals surface area contributed by atoms with Crippen LogP contribution in [0.15, 0.2) is 0 Å². The molecule has 3 atom stereocenters. The summed E-state index contributed by atoms with van der Waals surface area (Å²) in [7, 11) is 1.09. The van der Waals surface area contributed by atoms with E-state index >= 15 is 0 Å².